The number of fused-ring (bicyclic) bond motifs is 2. The smallest absolute Gasteiger partial charge is 0.136 e. The summed E-state index contributed by atoms with van der Waals surface area (Å²) in [6.45, 7) is 3.46. The number of rotatable bonds is 5. The number of ether oxygens (including phenoxy) is 3. The van der Waals surface area contributed by atoms with Gasteiger partial charge in [0.1, 0.15) is 11.2 Å². The van der Waals surface area contributed by atoms with E-state index in [0.29, 0.717) is 13.1 Å². The molecule has 1 aliphatic heterocycles. The molecular weight excluding hydrogens is 414 g/mol. The Kier molecular flexibility index (Phi) is 4.62. The van der Waals surface area contributed by atoms with Crippen molar-refractivity contribution < 1.29 is 34.6 Å². The van der Waals surface area contributed by atoms with Crippen molar-refractivity contribution in [2.45, 2.75) is 74.3 Å². The maximum Gasteiger partial charge on any atom is 0.136 e. The predicted molar refractivity (Wildman–Crippen MR) is 114 cm³/mol. The molecule has 6 aliphatic rings. The number of nitrogens with zero attached hydrogens (tertiary/aromatic N) is 1. The maximum atomic E-state index is 12.8. The van der Waals surface area contributed by atoms with Crippen LogP contribution in [0.3, 0.4) is 0 Å². The van der Waals surface area contributed by atoms with Crippen molar-refractivity contribution in [1.29, 1.82) is 0 Å². The number of hydrogen-bond donors (Lipinski definition) is 4. The van der Waals surface area contributed by atoms with Crippen LogP contribution in [-0.4, -0.2) is 108 Å². The Morgan fingerprint density at radius 1 is 1.09 bits per heavy atom. The topological polar surface area (TPSA) is 112 Å². The average molecular weight is 454 g/mol. The predicted octanol–water partition coefficient (Wildman–Crippen LogP) is -0.383. The highest BCUT2D eigenvalue weighted by Gasteiger charge is 2.91. The summed E-state index contributed by atoms with van der Waals surface area (Å²) in [4.78, 5) is 2.28. The highest BCUT2D eigenvalue weighted by atomic mass is 16.5. The third-order valence-electron chi connectivity index (χ3n) is 11.4. The van der Waals surface area contributed by atoms with Crippen LogP contribution in [0.4, 0.5) is 0 Å². The molecule has 13 atom stereocenters. The van der Waals surface area contributed by atoms with Gasteiger partial charge in [-0.05, 0) is 31.7 Å². The van der Waals surface area contributed by atoms with Crippen LogP contribution >= 0.6 is 0 Å². The zero-order chi connectivity index (χ0) is 22.8. The van der Waals surface area contributed by atoms with Crippen molar-refractivity contribution in [3.05, 3.63) is 0 Å². The summed E-state index contributed by atoms with van der Waals surface area (Å²) in [6.07, 6.45) is 0.720. The summed E-state index contributed by atoms with van der Waals surface area (Å²) in [5.41, 5.74) is -4.11. The number of aliphatic hydroxyl groups excluding tert-OH is 2. The summed E-state index contributed by atoms with van der Waals surface area (Å²) >= 11 is 0. The maximum absolute atomic E-state index is 12.8. The molecule has 8 nitrogen and oxygen atoms in total. The first-order valence-electron chi connectivity index (χ1n) is 12.3. The molecule has 0 radical (unpaired) electrons. The Bertz CT molecular complexity index is 798. The minimum atomic E-state index is -1.60. The summed E-state index contributed by atoms with van der Waals surface area (Å²) < 4.78 is 18.1. The first kappa shape index (κ1) is 22.2. The van der Waals surface area contributed by atoms with Crippen molar-refractivity contribution in [2.24, 2.45) is 34.5 Å². The van der Waals surface area contributed by atoms with E-state index in [9.17, 15) is 20.4 Å². The van der Waals surface area contributed by atoms with E-state index in [0.717, 1.165) is 19.3 Å². The largest absolute Gasteiger partial charge is 0.396 e. The Balaban J connectivity index is 1.69. The summed E-state index contributed by atoms with van der Waals surface area (Å²) in [6, 6.07) is -0.368. The highest BCUT2D eigenvalue weighted by molar-refractivity contribution is 5.41. The van der Waals surface area contributed by atoms with Crippen LogP contribution in [0.5, 0.6) is 0 Å². The zero-order valence-electron chi connectivity index (χ0n) is 19.6. The second kappa shape index (κ2) is 6.66. The van der Waals surface area contributed by atoms with Crippen LogP contribution in [0, 0.1) is 34.5 Å². The third-order valence-corrected chi connectivity index (χ3v) is 11.4. The zero-order valence-corrected chi connectivity index (χ0v) is 19.6. The van der Waals surface area contributed by atoms with E-state index in [1.54, 1.807) is 21.3 Å². The minimum Gasteiger partial charge on any atom is -0.396 e. The van der Waals surface area contributed by atoms with Crippen LogP contribution in [0.15, 0.2) is 0 Å². The van der Waals surface area contributed by atoms with Crippen LogP contribution in [0.1, 0.15) is 32.6 Å². The van der Waals surface area contributed by atoms with Crippen LogP contribution < -0.4 is 0 Å². The second-order valence-corrected chi connectivity index (χ2v) is 11.6. The monoisotopic (exact) mass is 453 g/mol. The van der Waals surface area contributed by atoms with E-state index in [2.05, 4.69) is 11.8 Å². The van der Waals surface area contributed by atoms with E-state index in [-0.39, 0.29) is 49.0 Å². The highest BCUT2D eigenvalue weighted by Crippen LogP contribution is 2.80. The standard InChI is InChI=1S/C24H39NO7/c1-5-25-10-21(11-26)7-6-15(31-3)23-13-8-12-14(30-2)9-22(28,16(13)17(12)27)24(29,20(23)25)19(32-4)18(21)23/h12-20,26-29H,5-11H2,1-4H3/t12-,13-,14+,15-,16-,17+,18-,19+,20+,21+,22-,23+,24-/m1/s1. The van der Waals surface area contributed by atoms with Gasteiger partial charge in [-0.25, -0.2) is 0 Å². The summed E-state index contributed by atoms with van der Waals surface area (Å²) in [7, 11) is 4.99. The SMILES string of the molecule is CCN1C[C@]2(CO)CC[C@@H](OC)[C@@]34[C@@H]5C[C@H]6[C@H](O)[C@@H]5[C@](O)(C[C@@H]6OC)[C@@](O)([C@@H](OC)[C@H]23)[C@@H]14. The van der Waals surface area contributed by atoms with Gasteiger partial charge in [-0.15, -0.1) is 0 Å². The normalized spacial score (nSPS) is 62.4. The lowest BCUT2D eigenvalue weighted by atomic mass is 9.42. The summed E-state index contributed by atoms with van der Waals surface area (Å²) in [5.74, 6) is -0.749. The van der Waals surface area contributed by atoms with Crippen molar-refractivity contribution in [3.63, 3.8) is 0 Å². The molecule has 0 aromatic rings. The van der Waals surface area contributed by atoms with Crippen molar-refractivity contribution in [3.8, 4) is 0 Å². The van der Waals surface area contributed by atoms with Gasteiger partial charge in [0.25, 0.3) is 0 Å². The lowest BCUT2D eigenvalue weighted by Crippen LogP contribution is -2.82. The molecule has 1 spiro atoms. The molecule has 32 heavy (non-hydrogen) atoms. The number of methoxy groups -OCH3 is 3. The molecule has 6 fully saturated rings. The van der Waals surface area contributed by atoms with Crippen LogP contribution in [0.25, 0.3) is 0 Å². The van der Waals surface area contributed by atoms with Gasteiger partial charge >= 0.3 is 0 Å². The molecule has 0 amide bonds. The fraction of sp³-hybridized carbons (Fsp3) is 1.00. The van der Waals surface area contributed by atoms with Gasteiger partial charge < -0.3 is 34.6 Å². The summed E-state index contributed by atoms with van der Waals surface area (Å²) in [5, 5.41) is 47.6. The molecule has 0 aromatic heterocycles. The number of likely N-dealkylation sites (tertiary alicyclic amines) is 1. The number of aliphatic hydroxyl groups is 4. The molecule has 5 saturated carbocycles. The van der Waals surface area contributed by atoms with E-state index in [1.165, 1.54) is 0 Å². The van der Waals surface area contributed by atoms with E-state index < -0.39 is 40.2 Å². The molecule has 1 heterocycles. The molecule has 1 saturated heterocycles. The molecule has 8 heteroatoms. The molecule has 182 valence electrons. The lowest BCUT2D eigenvalue weighted by molar-refractivity contribution is -0.318. The molecule has 0 unspecified atom stereocenters. The lowest BCUT2D eigenvalue weighted by Gasteiger charge is -2.70. The Hall–Kier alpha value is -0.320. The molecule has 6 rings (SSSR count). The Labute approximate surface area is 189 Å². The van der Waals surface area contributed by atoms with E-state index in [1.807, 2.05) is 0 Å². The second-order valence-electron chi connectivity index (χ2n) is 11.6. The van der Waals surface area contributed by atoms with Gasteiger partial charge in [0.15, 0.2) is 0 Å². The number of hydrogen-bond acceptors (Lipinski definition) is 8. The molecule has 0 aromatic carbocycles. The first-order valence-corrected chi connectivity index (χ1v) is 12.3. The van der Waals surface area contributed by atoms with Gasteiger partial charge in [-0.3, -0.25) is 4.90 Å². The molecule has 5 aliphatic carbocycles. The van der Waals surface area contributed by atoms with Crippen molar-refractivity contribution in [1.82, 2.24) is 4.90 Å². The number of piperidine rings is 1. The molecule has 4 N–H and O–H groups in total. The van der Waals surface area contributed by atoms with Gasteiger partial charge in [0.2, 0.25) is 0 Å². The average Bonchev–Trinajstić information content (AvgIpc) is 3.15. The van der Waals surface area contributed by atoms with E-state index in [4.69, 9.17) is 14.2 Å². The third kappa shape index (κ3) is 1.96. The quantitative estimate of drug-likeness (QED) is 0.446. The van der Waals surface area contributed by atoms with Gasteiger partial charge in [-0.1, -0.05) is 6.92 Å². The van der Waals surface area contributed by atoms with Crippen LogP contribution in [-0.2, 0) is 14.2 Å². The van der Waals surface area contributed by atoms with Crippen LogP contribution in [0.2, 0.25) is 0 Å². The fourth-order valence-corrected chi connectivity index (χ4v) is 10.7. The van der Waals surface area contributed by atoms with Gasteiger partial charge in [0, 0.05) is 62.9 Å². The molecule has 7 bridgehead atoms. The van der Waals surface area contributed by atoms with E-state index >= 15 is 0 Å². The minimum absolute atomic E-state index is 0.0114. The number of likely N-dealkylation sites (N-methyl/N-ethyl adjacent to an activating group) is 1. The van der Waals surface area contributed by atoms with Crippen molar-refractivity contribution in [2.75, 3.05) is 41.0 Å². The molecular formula is C24H39NO7. The Morgan fingerprint density at radius 3 is 2.44 bits per heavy atom. The first-order chi connectivity index (χ1) is 15.3. The van der Waals surface area contributed by atoms with Gasteiger partial charge in [-0.2, -0.15) is 0 Å². The van der Waals surface area contributed by atoms with Crippen molar-refractivity contribution >= 4 is 0 Å². The fourth-order valence-electron chi connectivity index (χ4n) is 10.7. The van der Waals surface area contributed by atoms with Gasteiger partial charge in [0.05, 0.1) is 37.1 Å². The Morgan fingerprint density at radius 2 is 1.84 bits per heavy atom.